The van der Waals surface area contributed by atoms with Gasteiger partial charge in [0.05, 0.1) is 25.0 Å². The van der Waals surface area contributed by atoms with Gasteiger partial charge in [-0.25, -0.2) is 4.39 Å². The number of fused-ring (bicyclic) bond motifs is 1. The van der Waals surface area contributed by atoms with Crippen LogP contribution >= 0.6 is 11.9 Å². The van der Waals surface area contributed by atoms with Gasteiger partial charge in [0, 0.05) is 21.5 Å². The second-order valence-corrected chi connectivity index (χ2v) is 9.01. The predicted octanol–water partition coefficient (Wildman–Crippen LogP) is 7.46. The van der Waals surface area contributed by atoms with Crippen molar-refractivity contribution in [2.75, 3.05) is 14.2 Å². The number of methoxy groups -OCH3 is 1. The molecular formula is C30H28FN3OS. The fraction of sp³-hybridized carbons (Fsp3) is 0.100. The maximum absolute atomic E-state index is 12.4. The maximum atomic E-state index is 12.4. The number of pyridine rings is 1. The molecule has 0 unspecified atom stereocenters. The molecule has 4 nitrogen and oxygen atoms in total. The summed E-state index contributed by atoms with van der Waals surface area (Å²) in [7, 11) is 3.50. The molecule has 1 N–H and O–H groups in total. The van der Waals surface area contributed by atoms with Crippen molar-refractivity contribution >= 4 is 28.9 Å². The van der Waals surface area contributed by atoms with E-state index in [9.17, 15) is 4.39 Å². The lowest BCUT2D eigenvalue weighted by molar-refractivity contribution is 0.415. The van der Waals surface area contributed by atoms with Crippen LogP contribution in [0.25, 0.3) is 28.2 Å². The first-order chi connectivity index (χ1) is 17.6. The van der Waals surface area contributed by atoms with Crippen LogP contribution in [0.5, 0.6) is 5.75 Å². The molecule has 0 bridgehead atoms. The Labute approximate surface area is 215 Å². The first kappa shape index (κ1) is 25.2. The van der Waals surface area contributed by atoms with Gasteiger partial charge >= 0.3 is 0 Å². The number of ether oxygens (including phenoxy) is 1. The van der Waals surface area contributed by atoms with Crippen molar-refractivity contribution in [3.05, 3.63) is 121 Å². The van der Waals surface area contributed by atoms with Gasteiger partial charge in [0.2, 0.25) is 0 Å². The molecule has 0 amide bonds. The fourth-order valence-electron chi connectivity index (χ4n) is 3.90. The minimum absolute atomic E-state index is 0.194. The van der Waals surface area contributed by atoms with E-state index < -0.39 is 0 Å². The van der Waals surface area contributed by atoms with Crippen molar-refractivity contribution in [1.82, 2.24) is 14.3 Å². The molecule has 0 saturated carbocycles. The van der Waals surface area contributed by atoms with Crippen LogP contribution in [-0.2, 0) is 6.54 Å². The number of hydrogen-bond acceptors (Lipinski definition) is 4. The zero-order chi connectivity index (χ0) is 25.3. The van der Waals surface area contributed by atoms with Crippen LogP contribution in [-0.4, -0.2) is 23.7 Å². The number of nitrogens with one attached hydrogen (secondary N) is 1. The molecule has 5 rings (SSSR count). The smallest absolute Gasteiger partial charge is 0.124 e. The van der Waals surface area contributed by atoms with Gasteiger partial charge in [-0.05, 0) is 85.2 Å². The third-order valence-corrected chi connectivity index (χ3v) is 6.25. The average molecular weight is 498 g/mol. The summed E-state index contributed by atoms with van der Waals surface area (Å²) >= 11 is 1.40. The summed E-state index contributed by atoms with van der Waals surface area (Å²) in [5.41, 5.74) is 5.41. The number of rotatable bonds is 7. The molecule has 2 heterocycles. The summed E-state index contributed by atoms with van der Waals surface area (Å²) in [6.45, 7) is 4.52. The normalized spacial score (nSPS) is 10.5. The molecule has 0 saturated heterocycles. The Balaban J connectivity index is 0.000000256. The van der Waals surface area contributed by atoms with Crippen molar-refractivity contribution in [2.45, 2.75) is 11.4 Å². The molecule has 182 valence electrons. The molecule has 0 spiro atoms. The van der Waals surface area contributed by atoms with E-state index in [4.69, 9.17) is 4.74 Å². The van der Waals surface area contributed by atoms with E-state index in [1.807, 2.05) is 30.3 Å². The van der Waals surface area contributed by atoms with E-state index in [0.717, 1.165) is 32.9 Å². The molecule has 0 aliphatic heterocycles. The van der Waals surface area contributed by atoms with Crippen molar-refractivity contribution in [3.63, 3.8) is 0 Å². The van der Waals surface area contributed by atoms with Gasteiger partial charge in [-0.3, -0.25) is 9.71 Å². The lowest BCUT2D eigenvalue weighted by Crippen LogP contribution is -2.04. The van der Waals surface area contributed by atoms with E-state index in [1.165, 1.54) is 35.3 Å². The molecule has 2 aromatic heterocycles. The lowest BCUT2D eigenvalue weighted by Gasteiger charge is -2.11. The molecular weight excluding hydrogens is 469 g/mol. The van der Waals surface area contributed by atoms with Crippen molar-refractivity contribution in [3.8, 4) is 17.0 Å². The molecule has 3 aromatic carbocycles. The number of nitrogens with zero attached hydrogens (tertiary/aromatic N) is 2. The van der Waals surface area contributed by atoms with Crippen LogP contribution in [0.2, 0.25) is 0 Å². The molecule has 36 heavy (non-hydrogen) atoms. The first-order valence-electron chi connectivity index (χ1n) is 11.5. The highest BCUT2D eigenvalue weighted by Crippen LogP contribution is 2.31. The summed E-state index contributed by atoms with van der Waals surface area (Å²) in [5.74, 6) is 0.668. The van der Waals surface area contributed by atoms with Gasteiger partial charge in [0.1, 0.15) is 11.6 Å². The minimum Gasteiger partial charge on any atom is -0.497 e. The van der Waals surface area contributed by atoms with Gasteiger partial charge in [-0.2, -0.15) is 0 Å². The molecule has 5 aromatic rings. The van der Waals surface area contributed by atoms with Crippen LogP contribution in [0, 0.1) is 5.82 Å². The van der Waals surface area contributed by atoms with Crippen molar-refractivity contribution in [1.29, 1.82) is 0 Å². The van der Waals surface area contributed by atoms with Gasteiger partial charge in [0.25, 0.3) is 0 Å². The maximum Gasteiger partial charge on any atom is 0.124 e. The van der Waals surface area contributed by atoms with Crippen LogP contribution < -0.4 is 9.46 Å². The Morgan fingerprint density at radius 1 is 0.972 bits per heavy atom. The zero-order valence-electron chi connectivity index (χ0n) is 20.3. The summed E-state index contributed by atoms with van der Waals surface area (Å²) in [6, 6.07) is 31.3. The monoisotopic (exact) mass is 497 g/mol. The standard InChI is InChI=1S/C23H20N2O.C7H8FNS/c1-3-19-10-7-11-20(24-19)16-25-22-13-12-21(26-2)14-18(22)15-23(25)17-8-5-4-6-9-17;1-9-10-7-4-2-3-6(8)5-7/h3-15H,1,16H2,2H3;2-5,9H,1H3. The number of halogens is 1. The Morgan fingerprint density at radius 3 is 2.50 bits per heavy atom. The highest BCUT2D eigenvalue weighted by molar-refractivity contribution is 7.97. The van der Waals surface area contributed by atoms with Crippen LogP contribution in [0.1, 0.15) is 11.4 Å². The molecule has 6 heteroatoms. The highest BCUT2D eigenvalue weighted by Gasteiger charge is 2.12. The predicted molar refractivity (Wildman–Crippen MR) is 149 cm³/mol. The lowest BCUT2D eigenvalue weighted by atomic mass is 10.1. The van der Waals surface area contributed by atoms with Crippen LogP contribution in [0.4, 0.5) is 4.39 Å². The van der Waals surface area contributed by atoms with E-state index in [-0.39, 0.29) is 5.82 Å². The molecule has 0 aliphatic rings. The Morgan fingerprint density at radius 2 is 1.78 bits per heavy atom. The fourth-order valence-corrected chi connectivity index (χ4v) is 4.46. The van der Waals surface area contributed by atoms with E-state index in [0.29, 0.717) is 6.54 Å². The number of hydrogen-bond donors (Lipinski definition) is 1. The Hall–Kier alpha value is -3.87. The van der Waals surface area contributed by atoms with Crippen molar-refractivity contribution in [2.24, 2.45) is 0 Å². The highest BCUT2D eigenvalue weighted by atomic mass is 32.2. The van der Waals surface area contributed by atoms with Crippen LogP contribution in [0.15, 0.2) is 109 Å². The van der Waals surface area contributed by atoms with Gasteiger partial charge in [0.15, 0.2) is 0 Å². The second kappa shape index (κ2) is 12.2. The third-order valence-electron chi connectivity index (χ3n) is 5.55. The van der Waals surface area contributed by atoms with E-state index in [1.54, 1.807) is 26.3 Å². The van der Waals surface area contributed by atoms with E-state index in [2.05, 4.69) is 69.4 Å². The zero-order valence-corrected chi connectivity index (χ0v) is 21.1. The molecule has 0 radical (unpaired) electrons. The van der Waals surface area contributed by atoms with Crippen molar-refractivity contribution < 1.29 is 9.13 Å². The first-order valence-corrected chi connectivity index (χ1v) is 12.3. The number of benzene rings is 3. The summed E-state index contributed by atoms with van der Waals surface area (Å²) in [6.07, 6.45) is 1.78. The molecule has 0 aliphatic carbocycles. The van der Waals surface area contributed by atoms with E-state index >= 15 is 0 Å². The van der Waals surface area contributed by atoms with Crippen LogP contribution in [0.3, 0.4) is 0 Å². The SMILES string of the molecule is C=Cc1cccc(Cn2c(-c3ccccc3)cc3cc(OC)ccc32)n1.CNSc1cccc(F)c1. The summed E-state index contributed by atoms with van der Waals surface area (Å²) < 4.78 is 23.0. The van der Waals surface area contributed by atoms with Gasteiger partial charge in [-0.1, -0.05) is 49.0 Å². The molecule has 0 fully saturated rings. The topological polar surface area (TPSA) is 39.1 Å². The summed E-state index contributed by atoms with van der Waals surface area (Å²) in [5, 5.41) is 1.16. The largest absolute Gasteiger partial charge is 0.497 e. The average Bonchev–Trinajstić information content (AvgIpc) is 3.27. The summed E-state index contributed by atoms with van der Waals surface area (Å²) in [4.78, 5) is 5.57. The quantitative estimate of drug-likeness (QED) is 0.237. The van der Waals surface area contributed by atoms with Gasteiger partial charge in [-0.15, -0.1) is 0 Å². The molecule has 0 atom stereocenters. The minimum atomic E-state index is -0.194. The van der Waals surface area contributed by atoms with Gasteiger partial charge < -0.3 is 9.30 Å². The Bertz CT molecular complexity index is 1450. The Kier molecular flexibility index (Phi) is 8.55. The third kappa shape index (κ3) is 6.22. The second-order valence-electron chi connectivity index (χ2n) is 7.93. The number of aromatic nitrogens is 2.